The number of hydrogen-bond acceptors (Lipinski definition) is 7. The van der Waals surface area contributed by atoms with Crippen molar-refractivity contribution in [1.29, 1.82) is 0 Å². The molecule has 9 nitrogen and oxygen atoms in total. The SMILES string of the molecule is CCCCC(=O)N(Cc1ccc2nc(-c3ccc(-c4nn[nH]n4)cc3)ccc2c1)CC1(C(=O)OCC)CCCC1. The van der Waals surface area contributed by atoms with Gasteiger partial charge in [-0.2, -0.15) is 5.21 Å². The third-order valence-corrected chi connectivity index (χ3v) is 7.77. The van der Waals surface area contributed by atoms with Crippen LogP contribution >= 0.6 is 0 Å². The number of benzene rings is 2. The minimum absolute atomic E-state index is 0.0928. The van der Waals surface area contributed by atoms with Gasteiger partial charge in [0.2, 0.25) is 11.7 Å². The first-order valence-corrected chi connectivity index (χ1v) is 14.2. The van der Waals surface area contributed by atoms with Crippen LogP contribution in [0.15, 0.2) is 54.6 Å². The Labute approximate surface area is 234 Å². The highest BCUT2D eigenvalue weighted by Crippen LogP contribution is 2.40. The monoisotopic (exact) mass is 540 g/mol. The number of ether oxygens (including phenoxy) is 1. The fraction of sp³-hybridized carbons (Fsp3) is 0.419. The first-order chi connectivity index (χ1) is 19.5. The van der Waals surface area contributed by atoms with Crippen molar-refractivity contribution in [3.8, 4) is 22.6 Å². The van der Waals surface area contributed by atoms with Crippen LogP contribution in [-0.2, 0) is 20.9 Å². The summed E-state index contributed by atoms with van der Waals surface area (Å²) < 4.78 is 5.48. The Balaban J connectivity index is 1.36. The van der Waals surface area contributed by atoms with Crippen LogP contribution in [0.25, 0.3) is 33.5 Å². The summed E-state index contributed by atoms with van der Waals surface area (Å²) in [6.45, 7) is 5.14. The Morgan fingerprint density at radius 2 is 1.77 bits per heavy atom. The third kappa shape index (κ3) is 6.03. The van der Waals surface area contributed by atoms with E-state index < -0.39 is 5.41 Å². The van der Waals surface area contributed by atoms with Crippen molar-refractivity contribution >= 4 is 22.8 Å². The molecule has 0 unspecified atom stereocenters. The van der Waals surface area contributed by atoms with Gasteiger partial charge in [-0.3, -0.25) is 9.59 Å². The maximum Gasteiger partial charge on any atom is 0.313 e. The molecular weight excluding hydrogens is 504 g/mol. The molecule has 0 spiro atoms. The predicted molar refractivity (Wildman–Crippen MR) is 153 cm³/mol. The molecule has 1 aliphatic rings. The van der Waals surface area contributed by atoms with E-state index in [1.54, 1.807) is 0 Å². The quantitative estimate of drug-likeness (QED) is 0.242. The molecule has 4 aromatic rings. The molecule has 9 heteroatoms. The number of aromatic amines is 1. The van der Waals surface area contributed by atoms with Crippen molar-refractivity contribution in [3.05, 3.63) is 60.2 Å². The number of amides is 1. The number of hydrogen-bond donors (Lipinski definition) is 1. The predicted octanol–water partition coefficient (Wildman–Crippen LogP) is 5.72. The molecule has 1 saturated carbocycles. The number of aromatic nitrogens is 5. The number of pyridine rings is 1. The van der Waals surface area contributed by atoms with Gasteiger partial charge in [-0.05, 0) is 55.2 Å². The zero-order valence-electron chi connectivity index (χ0n) is 23.2. The van der Waals surface area contributed by atoms with Crippen molar-refractivity contribution in [3.63, 3.8) is 0 Å². The van der Waals surface area contributed by atoms with Crippen LogP contribution in [0, 0.1) is 5.41 Å². The zero-order valence-corrected chi connectivity index (χ0v) is 23.2. The van der Waals surface area contributed by atoms with Crippen molar-refractivity contribution in [1.82, 2.24) is 30.5 Å². The Morgan fingerprint density at radius 3 is 2.48 bits per heavy atom. The lowest BCUT2D eigenvalue weighted by molar-refractivity contribution is -0.157. The van der Waals surface area contributed by atoms with E-state index in [1.807, 2.05) is 54.3 Å². The van der Waals surface area contributed by atoms with Crippen LogP contribution in [0.2, 0.25) is 0 Å². The van der Waals surface area contributed by atoms with Crippen LogP contribution in [0.1, 0.15) is 64.4 Å². The summed E-state index contributed by atoms with van der Waals surface area (Å²) >= 11 is 0. The number of carbonyl (C=O) groups is 2. The molecular formula is C31H36N6O3. The topological polar surface area (TPSA) is 114 Å². The molecule has 40 heavy (non-hydrogen) atoms. The fourth-order valence-corrected chi connectivity index (χ4v) is 5.58. The van der Waals surface area contributed by atoms with Gasteiger partial charge in [0, 0.05) is 36.0 Å². The number of carbonyl (C=O) groups excluding carboxylic acids is 2. The molecule has 2 heterocycles. The zero-order chi connectivity index (χ0) is 28.0. The lowest BCUT2D eigenvalue weighted by Gasteiger charge is -2.34. The molecule has 0 saturated heterocycles. The molecule has 2 aromatic carbocycles. The van der Waals surface area contributed by atoms with Gasteiger partial charge in [0.05, 0.1) is 23.2 Å². The molecule has 0 aliphatic heterocycles. The van der Waals surface area contributed by atoms with Gasteiger partial charge in [-0.1, -0.05) is 62.6 Å². The number of unbranched alkanes of at least 4 members (excludes halogenated alkanes) is 1. The molecule has 0 atom stereocenters. The summed E-state index contributed by atoms with van der Waals surface area (Å²) in [6.07, 6.45) is 5.78. The van der Waals surface area contributed by atoms with Gasteiger partial charge < -0.3 is 9.64 Å². The maximum absolute atomic E-state index is 13.3. The second-order valence-electron chi connectivity index (χ2n) is 10.6. The number of nitrogens with one attached hydrogen (secondary N) is 1. The number of fused-ring (bicyclic) bond motifs is 1. The minimum atomic E-state index is -0.607. The summed E-state index contributed by atoms with van der Waals surface area (Å²) in [5.74, 6) is 0.477. The molecule has 1 amide bonds. The second-order valence-corrected chi connectivity index (χ2v) is 10.6. The maximum atomic E-state index is 13.3. The summed E-state index contributed by atoms with van der Waals surface area (Å²) in [4.78, 5) is 33.1. The van der Waals surface area contributed by atoms with Gasteiger partial charge in [0.15, 0.2) is 0 Å². The van der Waals surface area contributed by atoms with E-state index in [2.05, 4.69) is 39.7 Å². The number of rotatable bonds is 11. The second kappa shape index (κ2) is 12.4. The van der Waals surface area contributed by atoms with Crippen molar-refractivity contribution in [2.45, 2.75) is 65.3 Å². The van der Waals surface area contributed by atoms with E-state index in [1.165, 1.54) is 0 Å². The fourth-order valence-electron chi connectivity index (χ4n) is 5.58. The van der Waals surface area contributed by atoms with Gasteiger partial charge in [-0.15, -0.1) is 10.2 Å². The smallest absolute Gasteiger partial charge is 0.313 e. The molecule has 2 aromatic heterocycles. The van der Waals surface area contributed by atoms with Crippen molar-refractivity contribution in [2.24, 2.45) is 5.41 Å². The summed E-state index contributed by atoms with van der Waals surface area (Å²) in [6, 6.07) is 18.1. The average Bonchev–Trinajstić information content (AvgIpc) is 3.69. The first kappa shape index (κ1) is 27.4. The largest absolute Gasteiger partial charge is 0.466 e. The van der Waals surface area contributed by atoms with Crippen molar-refractivity contribution in [2.75, 3.05) is 13.2 Å². The molecule has 1 aliphatic carbocycles. The standard InChI is InChI=1S/C31H36N6O3/c1-3-5-8-28(38)37(21-31(17-6-7-18-31)30(39)40-4-2)20-22-9-15-27-25(19-22)14-16-26(32-27)23-10-12-24(13-11-23)29-33-35-36-34-29/h9-16,19H,3-8,17-18,20-21H2,1-2H3,(H,33,34,35,36). The van der Waals surface area contributed by atoms with Crippen molar-refractivity contribution < 1.29 is 14.3 Å². The lowest BCUT2D eigenvalue weighted by Crippen LogP contribution is -2.44. The highest BCUT2D eigenvalue weighted by atomic mass is 16.5. The van der Waals surface area contributed by atoms with E-state index in [0.29, 0.717) is 31.9 Å². The normalized spacial score (nSPS) is 14.3. The van der Waals surface area contributed by atoms with E-state index in [4.69, 9.17) is 9.72 Å². The molecule has 208 valence electrons. The Morgan fingerprint density at radius 1 is 1.00 bits per heavy atom. The van der Waals surface area contributed by atoms with Crippen LogP contribution < -0.4 is 0 Å². The van der Waals surface area contributed by atoms with Crippen LogP contribution in [-0.4, -0.2) is 55.5 Å². The number of nitrogens with zero attached hydrogens (tertiary/aromatic N) is 5. The summed E-state index contributed by atoms with van der Waals surface area (Å²) in [7, 11) is 0. The highest BCUT2D eigenvalue weighted by Gasteiger charge is 2.44. The molecule has 5 rings (SSSR count). The van der Waals surface area contributed by atoms with Gasteiger partial charge in [0.1, 0.15) is 0 Å². The van der Waals surface area contributed by atoms with Gasteiger partial charge in [0.25, 0.3) is 0 Å². The Bertz CT molecular complexity index is 1450. The van der Waals surface area contributed by atoms with E-state index in [9.17, 15) is 9.59 Å². The Hall–Kier alpha value is -4.14. The molecule has 1 N–H and O–H groups in total. The Kier molecular flexibility index (Phi) is 8.48. The number of esters is 1. The van der Waals surface area contributed by atoms with E-state index in [0.717, 1.165) is 71.8 Å². The van der Waals surface area contributed by atoms with E-state index >= 15 is 0 Å². The molecule has 0 bridgehead atoms. The minimum Gasteiger partial charge on any atom is -0.466 e. The summed E-state index contributed by atoms with van der Waals surface area (Å²) in [5.41, 5.74) is 4.04. The third-order valence-electron chi connectivity index (χ3n) is 7.77. The molecule has 1 fully saturated rings. The van der Waals surface area contributed by atoms with Gasteiger partial charge in [-0.25, -0.2) is 4.98 Å². The number of H-pyrrole nitrogens is 1. The number of tetrazole rings is 1. The van der Waals surface area contributed by atoms with Crippen LogP contribution in [0.5, 0.6) is 0 Å². The summed E-state index contributed by atoms with van der Waals surface area (Å²) in [5, 5.41) is 15.1. The van der Waals surface area contributed by atoms with Crippen LogP contribution in [0.3, 0.4) is 0 Å². The average molecular weight is 541 g/mol. The first-order valence-electron chi connectivity index (χ1n) is 14.2. The lowest BCUT2D eigenvalue weighted by atomic mass is 9.85. The van der Waals surface area contributed by atoms with Gasteiger partial charge >= 0.3 is 5.97 Å². The molecule has 0 radical (unpaired) electrons. The van der Waals surface area contributed by atoms with Crippen LogP contribution in [0.4, 0.5) is 0 Å². The highest BCUT2D eigenvalue weighted by molar-refractivity contribution is 5.83. The van der Waals surface area contributed by atoms with E-state index in [-0.39, 0.29) is 11.9 Å².